The van der Waals surface area contributed by atoms with Crippen LogP contribution in [-0.4, -0.2) is 5.91 Å². The zero-order valence-electron chi connectivity index (χ0n) is 9.89. The van der Waals surface area contributed by atoms with E-state index >= 15 is 0 Å². The molecule has 3 rings (SSSR count). The van der Waals surface area contributed by atoms with E-state index in [2.05, 4.69) is 11.9 Å². The molecule has 88 valence electrons. The van der Waals surface area contributed by atoms with Crippen LogP contribution in [0.1, 0.15) is 33.1 Å². The van der Waals surface area contributed by atoms with Gasteiger partial charge in [0.15, 0.2) is 0 Å². The van der Waals surface area contributed by atoms with Gasteiger partial charge in [-0.25, -0.2) is 0 Å². The van der Waals surface area contributed by atoms with E-state index in [1.807, 2.05) is 54.6 Å². The van der Waals surface area contributed by atoms with Crippen molar-refractivity contribution in [1.29, 1.82) is 0 Å². The van der Waals surface area contributed by atoms with Gasteiger partial charge >= 0.3 is 0 Å². The molecule has 18 heavy (non-hydrogen) atoms. The lowest BCUT2D eigenvalue weighted by Gasteiger charge is -2.12. The Morgan fingerprint density at radius 2 is 1.78 bits per heavy atom. The van der Waals surface area contributed by atoms with Crippen molar-refractivity contribution in [2.24, 2.45) is 0 Å². The van der Waals surface area contributed by atoms with Gasteiger partial charge in [0.2, 0.25) is 0 Å². The number of carbonyl (C=O) groups is 1. The molecular formula is C16H13NO. The molecule has 0 aliphatic carbocycles. The molecular weight excluding hydrogens is 222 g/mol. The highest BCUT2D eigenvalue weighted by atomic mass is 16.2. The maximum absolute atomic E-state index is 11.8. The Hall–Kier alpha value is -2.35. The molecule has 1 heterocycles. The first-order valence-corrected chi connectivity index (χ1v) is 5.92. The van der Waals surface area contributed by atoms with Crippen LogP contribution in [0.25, 0.3) is 6.08 Å². The Morgan fingerprint density at radius 3 is 2.50 bits per heavy atom. The Labute approximate surface area is 106 Å². The number of hydrogen-bond donors (Lipinski definition) is 1. The number of hydrogen-bond acceptors (Lipinski definition) is 1. The molecule has 0 radical (unpaired) electrons. The summed E-state index contributed by atoms with van der Waals surface area (Å²) in [6.45, 7) is 3.74. The number of fused-ring (bicyclic) bond motifs is 1. The predicted octanol–water partition coefficient (Wildman–Crippen LogP) is 3.16. The molecule has 0 aromatic heterocycles. The van der Waals surface area contributed by atoms with Crippen LogP contribution in [0.4, 0.5) is 0 Å². The topological polar surface area (TPSA) is 29.1 Å². The first-order chi connectivity index (χ1) is 8.79. The van der Waals surface area contributed by atoms with E-state index in [1.54, 1.807) is 0 Å². The molecule has 0 saturated carbocycles. The highest BCUT2D eigenvalue weighted by Crippen LogP contribution is 2.30. The van der Waals surface area contributed by atoms with Gasteiger partial charge in [0, 0.05) is 5.56 Å². The van der Waals surface area contributed by atoms with Gasteiger partial charge in [0.25, 0.3) is 5.91 Å². The average Bonchev–Trinajstić information content (AvgIpc) is 2.77. The number of nitrogens with one attached hydrogen (secondary N) is 1. The lowest BCUT2D eigenvalue weighted by molar-refractivity contribution is 0.0960. The van der Waals surface area contributed by atoms with Crippen molar-refractivity contribution in [2.45, 2.75) is 6.04 Å². The summed E-state index contributed by atoms with van der Waals surface area (Å²) in [4.78, 5) is 11.8. The quantitative estimate of drug-likeness (QED) is 0.851. The monoisotopic (exact) mass is 235 g/mol. The SMILES string of the molecule is C=Cc1ccc(C2NC(=O)c3ccccc32)cc1. The van der Waals surface area contributed by atoms with E-state index in [0.29, 0.717) is 0 Å². The third kappa shape index (κ3) is 1.63. The molecule has 1 N–H and O–H groups in total. The van der Waals surface area contributed by atoms with Crippen molar-refractivity contribution in [3.63, 3.8) is 0 Å². The van der Waals surface area contributed by atoms with Crippen molar-refractivity contribution >= 4 is 12.0 Å². The highest BCUT2D eigenvalue weighted by Gasteiger charge is 2.28. The first kappa shape index (κ1) is 10.8. The van der Waals surface area contributed by atoms with E-state index in [9.17, 15) is 4.79 Å². The normalized spacial score (nSPS) is 17.1. The lowest BCUT2D eigenvalue weighted by Crippen LogP contribution is -2.19. The Kier molecular flexibility index (Phi) is 2.49. The fourth-order valence-electron chi connectivity index (χ4n) is 2.33. The number of amides is 1. The van der Waals surface area contributed by atoms with Crippen LogP contribution in [-0.2, 0) is 0 Å². The summed E-state index contributed by atoms with van der Waals surface area (Å²) in [7, 11) is 0. The van der Waals surface area contributed by atoms with Crippen LogP contribution in [0.15, 0.2) is 55.1 Å². The van der Waals surface area contributed by atoms with Crippen molar-refractivity contribution in [3.8, 4) is 0 Å². The average molecular weight is 235 g/mol. The summed E-state index contributed by atoms with van der Waals surface area (Å²) in [6.07, 6.45) is 1.81. The molecule has 0 bridgehead atoms. The smallest absolute Gasteiger partial charge is 0.252 e. The second-order valence-corrected chi connectivity index (χ2v) is 4.36. The van der Waals surface area contributed by atoms with E-state index < -0.39 is 0 Å². The molecule has 1 unspecified atom stereocenters. The molecule has 1 atom stereocenters. The minimum absolute atomic E-state index is 0.00315. The largest absolute Gasteiger partial charge is 0.341 e. The maximum atomic E-state index is 11.8. The summed E-state index contributed by atoms with van der Waals surface area (Å²) in [6, 6.07) is 15.8. The summed E-state index contributed by atoms with van der Waals surface area (Å²) >= 11 is 0. The number of rotatable bonds is 2. The minimum Gasteiger partial charge on any atom is -0.341 e. The molecule has 0 spiro atoms. The number of benzene rings is 2. The zero-order valence-corrected chi connectivity index (χ0v) is 9.89. The standard InChI is InChI=1S/C16H13NO/c1-2-11-7-9-12(10-8-11)15-13-5-3-4-6-14(13)16(18)17-15/h2-10,15H,1H2,(H,17,18). The third-order valence-electron chi connectivity index (χ3n) is 3.30. The molecule has 1 aliphatic rings. The van der Waals surface area contributed by atoms with Crippen LogP contribution >= 0.6 is 0 Å². The summed E-state index contributed by atoms with van der Waals surface area (Å²) < 4.78 is 0. The fraction of sp³-hybridized carbons (Fsp3) is 0.0625. The van der Waals surface area contributed by atoms with Gasteiger partial charge in [-0.15, -0.1) is 0 Å². The van der Waals surface area contributed by atoms with Gasteiger partial charge in [-0.1, -0.05) is 55.1 Å². The summed E-state index contributed by atoms with van der Waals surface area (Å²) in [5.74, 6) is 0.00315. The van der Waals surface area contributed by atoms with E-state index in [1.165, 1.54) is 0 Å². The van der Waals surface area contributed by atoms with E-state index in [0.717, 1.165) is 22.3 Å². The van der Waals surface area contributed by atoms with Gasteiger partial charge in [-0.05, 0) is 22.8 Å². The van der Waals surface area contributed by atoms with E-state index in [4.69, 9.17) is 0 Å². The number of carbonyl (C=O) groups excluding carboxylic acids is 1. The molecule has 2 aromatic rings. The molecule has 0 fully saturated rings. The second-order valence-electron chi connectivity index (χ2n) is 4.36. The molecule has 0 saturated heterocycles. The minimum atomic E-state index is -0.0347. The van der Waals surface area contributed by atoms with Gasteiger partial charge in [-0.2, -0.15) is 0 Å². The lowest BCUT2D eigenvalue weighted by atomic mass is 9.98. The Morgan fingerprint density at radius 1 is 1.06 bits per heavy atom. The van der Waals surface area contributed by atoms with Crippen molar-refractivity contribution in [1.82, 2.24) is 5.32 Å². The van der Waals surface area contributed by atoms with Crippen LogP contribution in [0.3, 0.4) is 0 Å². The fourth-order valence-corrected chi connectivity index (χ4v) is 2.33. The Balaban J connectivity index is 2.03. The Bertz CT molecular complexity index is 613. The second kappa shape index (κ2) is 4.15. The van der Waals surface area contributed by atoms with Gasteiger partial charge in [-0.3, -0.25) is 4.79 Å². The molecule has 2 aromatic carbocycles. The van der Waals surface area contributed by atoms with E-state index in [-0.39, 0.29) is 11.9 Å². The van der Waals surface area contributed by atoms with Gasteiger partial charge in [0.1, 0.15) is 0 Å². The van der Waals surface area contributed by atoms with Gasteiger partial charge < -0.3 is 5.32 Å². The molecule has 2 nitrogen and oxygen atoms in total. The van der Waals surface area contributed by atoms with Crippen molar-refractivity contribution in [2.75, 3.05) is 0 Å². The molecule has 1 aliphatic heterocycles. The first-order valence-electron chi connectivity index (χ1n) is 5.92. The predicted molar refractivity (Wildman–Crippen MR) is 72.3 cm³/mol. The summed E-state index contributed by atoms with van der Waals surface area (Å²) in [5, 5.41) is 3.01. The molecule has 2 heteroatoms. The summed E-state index contributed by atoms with van der Waals surface area (Å²) in [5.41, 5.74) is 4.00. The zero-order chi connectivity index (χ0) is 12.5. The van der Waals surface area contributed by atoms with Crippen molar-refractivity contribution in [3.05, 3.63) is 77.4 Å². The van der Waals surface area contributed by atoms with Crippen LogP contribution < -0.4 is 5.32 Å². The van der Waals surface area contributed by atoms with Gasteiger partial charge in [0.05, 0.1) is 6.04 Å². The highest BCUT2D eigenvalue weighted by molar-refractivity contribution is 5.99. The third-order valence-corrected chi connectivity index (χ3v) is 3.30. The van der Waals surface area contributed by atoms with Crippen LogP contribution in [0.2, 0.25) is 0 Å². The maximum Gasteiger partial charge on any atom is 0.252 e. The van der Waals surface area contributed by atoms with Crippen LogP contribution in [0.5, 0.6) is 0 Å². The van der Waals surface area contributed by atoms with Crippen LogP contribution in [0, 0.1) is 0 Å². The van der Waals surface area contributed by atoms with Crippen molar-refractivity contribution < 1.29 is 4.79 Å². The molecule has 1 amide bonds.